The van der Waals surface area contributed by atoms with Crippen LogP contribution < -0.4 is 10.6 Å². The molecule has 0 radical (unpaired) electrons. The maximum absolute atomic E-state index is 12.8. The van der Waals surface area contributed by atoms with Crippen molar-refractivity contribution < 1.29 is 4.79 Å². The first kappa shape index (κ1) is 23.6. The molecule has 0 unspecified atom stereocenters. The minimum atomic E-state index is -0.197. The molecule has 158 valence electrons. The first-order valence-corrected chi connectivity index (χ1v) is 10.7. The first-order chi connectivity index (χ1) is 13.5. The summed E-state index contributed by atoms with van der Waals surface area (Å²) in [4.78, 5) is 21.2. The molecule has 0 atom stereocenters. The minimum absolute atomic E-state index is 0.0451. The first-order valence-electron chi connectivity index (χ1n) is 9.92. The van der Waals surface area contributed by atoms with Crippen molar-refractivity contribution in [2.75, 3.05) is 0 Å². The van der Waals surface area contributed by atoms with Crippen molar-refractivity contribution in [3.8, 4) is 11.3 Å². The van der Waals surface area contributed by atoms with Gasteiger partial charge in [0.15, 0.2) is 0 Å². The normalized spacial score (nSPS) is 17.8. The number of halogens is 2. The van der Waals surface area contributed by atoms with Crippen molar-refractivity contribution in [2.24, 2.45) is 0 Å². The van der Waals surface area contributed by atoms with Gasteiger partial charge in [0.1, 0.15) is 12.0 Å². The Morgan fingerprint density at radius 3 is 2.24 bits per heavy atom. The molecule has 1 saturated heterocycles. The zero-order chi connectivity index (χ0) is 21.8. The third-order valence-corrected chi connectivity index (χ3v) is 5.38. The third kappa shape index (κ3) is 6.39. The highest BCUT2D eigenvalue weighted by Gasteiger charge is 2.38. The highest BCUT2D eigenvalue weighted by molar-refractivity contribution is 6.42. The van der Waals surface area contributed by atoms with E-state index in [9.17, 15) is 4.79 Å². The lowest BCUT2D eigenvalue weighted by molar-refractivity contribution is 0.0868. The van der Waals surface area contributed by atoms with E-state index in [1.807, 2.05) is 19.9 Å². The second-order valence-corrected chi connectivity index (χ2v) is 9.20. The molecule has 1 aromatic heterocycles. The van der Waals surface area contributed by atoms with Crippen LogP contribution in [0.15, 0.2) is 30.6 Å². The van der Waals surface area contributed by atoms with Crippen molar-refractivity contribution >= 4 is 29.1 Å². The molecule has 2 heterocycles. The van der Waals surface area contributed by atoms with E-state index >= 15 is 0 Å². The number of benzene rings is 1. The molecule has 1 amide bonds. The predicted molar refractivity (Wildman–Crippen MR) is 121 cm³/mol. The van der Waals surface area contributed by atoms with Gasteiger partial charge in [-0.2, -0.15) is 0 Å². The Balaban J connectivity index is 0.00000145. The number of carbonyl (C=O) groups excluding carboxylic acids is 1. The molecular weight excluding hydrogens is 407 g/mol. The zero-order valence-electron chi connectivity index (χ0n) is 17.9. The van der Waals surface area contributed by atoms with E-state index in [1.165, 1.54) is 6.33 Å². The van der Waals surface area contributed by atoms with Crippen molar-refractivity contribution in [3.05, 3.63) is 46.3 Å². The summed E-state index contributed by atoms with van der Waals surface area (Å²) in [6.07, 6.45) is 3.10. The molecule has 29 heavy (non-hydrogen) atoms. The van der Waals surface area contributed by atoms with Gasteiger partial charge in [0.05, 0.1) is 15.7 Å². The Morgan fingerprint density at radius 2 is 1.66 bits per heavy atom. The average molecular weight is 437 g/mol. The molecule has 1 aliphatic heterocycles. The monoisotopic (exact) mass is 436 g/mol. The van der Waals surface area contributed by atoms with Crippen molar-refractivity contribution in [3.63, 3.8) is 0 Å². The minimum Gasteiger partial charge on any atom is -0.348 e. The van der Waals surface area contributed by atoms with Gasteiger partial charge in [-0.3, -0.25) is 4.79 Å². The van der Waals surface area contributed by atoms with Crippen LogP contribution in [0.4, 0.5) is 0 Å². The second-order valence-electron chi connectivity index (χ2n) is 8.39. The smallest absolute Gasteiger partial charge is 0.270 e. The van der Waals surface area contributed by atoms with Crippen LogP contribution >= 0.6 is 23.2 Å². The zero-order valence-corrected chi connectivity index (χ0v) is 19.4. The van der Waals surface area contributed by atoms with E-state index in [0.29, 0.717) is 21.4 Å². The molecule has 5 nitrogen and oxygen atoms in total. The Bertz CT molecular complexity index is 852. The van der Waals surface area contributed by atoms with Gasteiger partial charge in [-0.15, -0.1) is 0 Å². The predicted octanol–water partition coefficient (Wildman–Crippen LogP) is 5.52. The summed E-state index contributed by atoms with van der Waals surface area (Å²) >= 11 is 12.1. The van der Waals surface area contributed by atoms with Gasteiger partial charge in [0, 0.05) is 22.7 Å². The number of nitrogens with zero attached hydrogens (tertiary/aromatic N) is 2. The van der Waals surface area contributed by atoms with E-state index < -0.39 is 0 Å². The number of amides is 1. The number of hydrogen-bond donors (Lipinski definition) is 2. The van der Waals surface area contributed by atoms with Crippen molar-refractivity contribution in [1.29, 1.82) is 0 Å². The lowest BCUT2D eigenvalue weighted by atomic mass is 9.79. The lowest BCUT2D eigenvalue weighted by Crippen LogP contribution is -2.62. The van der Waals surface area contributed by atoms with Gasteiger partial charge in [0.2, 0.25) is 0 Å². The summed E-state index contributed by atoms with van der Waals surface area (Å²) in [7, 11) is 0. The van der Waals surface area contributed by atoms with Gasteiger partial charge in [0.25, 0.3) is 5.91 Å². The van der Waals surface area contributed by atoms with Gasteiger partial charge < -0.3 is 10.6 Å². The van der Waals surface area contributed by atoms with Crippen LogP contribution in [0.1, 0.15) is 64.9 Å². The number of aromatic nitrogens is 2. The Labute approximate surface area is 183 Å². The molecule has 7 heteroatoms. The van der Waals surface area contributed by atoms with Crippen molar-refractivity contribution in [1.82, 2.24) is 20.6 Å². The van der Waals surface area contributed by atoms with E-state index in [4.69, 9.17) is 23.2 Å². The molecule has 1 fully saturated rings. The van der Waals surface area contributed by atoms with Gasteiger partial charge in [-0.25, -0.2) is 9.97 Å². The highest BCUT2D eigenvalue weighted by Crippen LogP contribution is 2.29. The quantitative estimate of drug-likeness (QED) is 0.664. The molecule has 0 aliphatic carbocycles. The second kappa shape index (κ2) is 9.41. The maximum Gasteiger partial charge on any atom is 0.270 e. The van der Waals surface area contributed by atoms with E-state index in [0.717, 1.165) is 18.4 Å². The fraction of sp³-hybridized carbons (Fsp3) is 0.500. The highest BCUT2D eigenvalue weighted by atomic mass is 35.5. The van der Waals surface area contributed by atoms with Crippen molar-refractivity contribution in [2.45, 2.75) is 71.5 Å². The Hall–Kier alpha value is -1.69. The van der Waals surface area contributed by atoms with E-state index in [-0.39, 0.29) is 23.0 Å². The van der Waals surface area contributed by atoms with Crippen LogP contribution in [-0.4, -0.2) is 33.0 Å². The van der Waals surface area contributed by atoms with Crippen LogP contribution in [0.5, 0.6) is 0 Å². The molecule has 0 spiro atoms. The van der Waals surface area contributed by atoms with Gasteiger partial charge in [-0.05, 0) is 58.7 Å². The number of nitrogens with one attached hydrogen (secondary N) is 2. The lowest BCUT2D eigenvalue weighted by Gasteiger charge is -2.46. The number of rotatable bonds is 3. The molecule has 1 aromatic carbocycles. The topological polar surface area (TPSA) is 66.9 Å². The average Bonchev–Trinajstić information content (AvgIpc) is 2.63. The summed E-state index contributed by atoms with van der Waals surface area (Å²) in [6.45, 7) is 12.6. The number of carbonyl (C=O) groups is 1. The molecule has 0 saturated carbocycles. The summed E-state index contributed by atoms with van der Waals surface area (Å²) in [5.74, 6) is -0.197. The molecule has 2 N–H and O–H groups in total. The summed E-state index contributed by atoms with van der Waals surface area (Å²) in [5, 5.41) is 7.66. The fourth-order valence-electron chi connectivity index (χ4n) is 3.98. The van der Waals surface area contributed by atoms with Crippen LogP contribution in [0.2, 0.25) is 10.0 Å². The number of piperidine rings is 1. The van der Waals surface area contributed by atoms with Crippen LogP contribution in [0, 0.1) is 0 Å². The maximum atomic E-state index is 12.8. The van der Waals surface area contributed by atoms with E-state index in [1.54, 1.807) is 18.2 Å². The van der Waals surface area contributed by atoms with Crippen LogP contribution in [-0.2, 0) is 0 Å². The Kier molecular flexibility index (Phi) is 7.66. The van der Waals surface area contributed by atoms with E-state index in [2.05, 4.69) is 48.3 Å². The van der Waals surface area contributed by atoms with Gasteiger partial charge in [-0.1, -0.05) is 43.1 Å². The summed E-state index contributed by atoms with van der Waals surface area (Å²) in [5.41, 5.74) is 1.65. The number of hydrogen-bond acceptors (Lipinski definition) is 4. The molecular formula is C22H30Cl2N4O. The summed E-state index contributed by atoms with van der Waals surface area (Å²) in [6, 6.07) is 7.00. The third-order valence-electron chi connectivity index (χ3n) is 4.64. The molecule has 0 bridgehead atoms. The van der Waals surface area contributed by atoms with Crippen LogP contribution in [0.25, 0.3) is 11.3 Å². The molecule has 3 rings (SSSR count). The molecule has 2 aromatic rings. The Morgan fingerprint density at radius 1 is 1.03 bits per heavy atom. The molecule has 1 aliphatic rings. The standard InChI is InChI=1S/C20H24Cl2N4O.C2H6/c1-19(2)9-13(10-20(3,4)26-19)25-18(27)17-8-16(23-11-24-17)12-5-6-14(21)15(22)7-12;1-2/h5-8,11,13,26H,9-10H2,1-4H3,(H,25,27);1-2H3. The fourth-order valence-corrected chi connectivity index (χ4v) is 4.28. The van der Waals surface area contributed by atoms with Crippen LogP contribution in [0.3, 0.4) is 0 Å². The largest absolute Gasteiger partial charge is 0.348 e. The van der Waals surface area contributed by atoms with Gasteiger partial charge >= 0.3 is 0 Å². The summed E-state index contributed by atoms with van der Waals surface area (Å²) < 4.78 is 0. The SMILES string of the molecule is CC.CC1(C)CC(NC(=O)c2cc(-c3ccc(Cl)c(Cl)c3)ncn2)CC(C)(C)N1.